The third-order valence-electron chi connectivity index (χ3n) is 6.22. The molecule has 0 bridgehead atoms. The minimum atomic E-state index is -5.82. The van der Waals surface area contributed by atoms with E-state index in [-0.39, 0.29) is 11.8 Å². The molecule has 2 aliphatic rings. The van der Waals surface area contributed by atoms with Crippen molar-refractivity contribution in [2.75, 3.05) is 0 Å². The highest BCUT2D eigenvalue weighted by Crippen LogP contribution is 2.46. The first-order valence-electron chi connectivity index (χ1n) is 11.1. The molecule has 2 rings (SSSR count). The number of cyclic esters (lactones) is 1. The second kappa shape index (κ2) is 10.3. The number of halogens is 2. The Labute approximate surface area is 201 Å². The molecule has 0 spiro atoms. The highest BCUT2D eigenvalue weighted by Gasteiger charge is 2.52. The summed E-state index contributed by atoms with van der Waals surface area (Å²) < 4.78 is 76.6. The van der Waals surface area contributed by atoms with Gasteiger partial charge in [-0.25, -0.2) is 9.59 Å². The summed E-state index contributed by atoms with van der Waals surface area (Å²) in [5.41, 5.74) is -1.04. The smallest absolute Gasteiger partial charge is 0.405 e. The molecule has 0 radical (unpaired) electrons. The van der Waals surface area contributed by atoms with Crippen LogP contribution in [-0.4, -0.2) is 66.0 Å². The van der Waals surface area contributed by atoms with Gasteiger partial charge in [0.15, 0.2) is 6.10 Å². The first kappa shape index (κ1) is 28.9. The maximum atomic E-state index is 13.4. The van der Waals surface area contributed by atoms with Gasteiger partial charge in [-0.05, 0) is 32.6 Å². The summed E-state index contributed by atoms with van der Waals surface area (Å²) in [4.78, 5) is 48.4. The van der Waals surface area contributed by atoms with Crippen LogP contribution in [0.2, 0.25) is 0 Å². The van der Waals surface area contributed by atoms with E-state index in [9.17, 15) is 36.4 Å². The second-order valence-electron chi connectivity index (χ2n) is 9.68. The Hall–Kier alpha value is -2.35. The molecule has 2 fully saturated rings. The molecule has 0 aromatic rings. The molecule has 14 heteroatoms. The number of hydrogen-bond donors (Lipinski definition) is 1. The van der Waals surface area contributed by atoms with Crippen molar-refractivity contribution in [2.45, 2.75) is 102 Å². The van der Waals surface area contributed by atoms with Crippen LogP contribution < -0.4 is 0 Å². The summed E-state index contributed by atoms with van der Waals surface area (Å²) in [7, 11) is -5.82. The fourth-order valence-corrected chi connectivity index (χ4v) is 4.43. The van der Waals surface area contributed by atoms with Crippen LogP contribution in [0.1, 0.15) is 72.6 Å². The Morgan fingerprint density at radius 3 is 2.20 bits per heavy atom. The lowest BCUT2D eigenvalue weighted by Gasteiger charge is -2.41. The zero-order valence-electron chi connectivity index (χ0n) is 19.9. The van der Waals surface area contributed by atoms with Gasteiger partial charge in [-0.15, -0.1) is 0 Å². The van der Waals surface area contributed by atoms with Crippen molar-refractivity contribution in [1.29, 1.82) is 0 Å². The average molecular weight is 529 g/mol. The van der Waals surface area contributed by atoms with E-state index in [0.29, 0.717) is 19.8 Å². The highest BCUT2D eigenvalue weighted by molar-refractivity contribution is 7.86. The van der Waals surface area contributed by atoms with Gasteiger partial charge < -0.3 is 18.9 Å². The largest absolute Gasteiger partial charge is 0.456 e. The van der Waals surface area contributed by atoms with Gasteiger partial charge in [0.2, 0.25) is 12.2 Å². The lowest BCUT2D eigenvalue weighted by Crippen LogP contribution is -2.46. The van der Waals surface area contributed by atoms with Gasteiger partial charge in [-0.1, -0.05) is 20.8 Å². The van der Waals surface area contributed by atoms with Crippen LogP contribution in [0.3, 0.4) is 0 Å². The van der Waals surface area contributed by atoms with Crippen molar-refractivity contribution in [1.82, 2.24) is 0 Å². The second-order valence-corrected chi connectivity index (χ2v) is 11.2. The van der Waals surface area contributed by atoms with Gasteiger partial charge in [0, 0.05) is 11.8 Å². The molecule has 0 amide bonds. The lowest BCUT2D eigenvalue weighted by molar-refractivity contribution is -0.185. The van der Waals surface area contributed by atoms with Gasteiger partial charge in [0.25, 0.3) is 0 Å². The van der Waals surface area contributed by atoms with Gasteiger partial charge in [-0.3, -0.25) is 14.1 Å². The summed E-state index contributed by atoms with van der Waals surface area (Å²) >= 11 is 0. The molecule has 3 unspecified atom stereocenters. The number of alkyl halides is 2. The van der Waals surface area contributed by atoms with Gasteiger partial charge >= 0.3 is 39.2 Å². The molecule has 1 saturated carbocycles. The van der Waals surface area contributed by atoms with E-state index in [1.54, 1.807) is 0 Å². The average Bonchev–Trinajstić information content (AvgIpc) is 3.33. The highest BCUT2D eigenvalue weighted by atomic mass is 32.2. The number of hydrogen-bond acceptors (Lipinski definition) is 10. The van der Waals surface area contributed by atoms with E-state index in [1.807, 2.05) is 20.8 Å². The van der Waals surface area contributed by atoms with Crippen LogP contribution in [0.25, 0.3) is 0 Å². The molecule has 200 valence electrons. The molecule has 1 aliphatic heterocycles. The number of carbonyl (C=O) groups is 4. The van der Waals surface area contributed by atoms with Gasteiger partial charge in [0.1, 0.15) is 5.60 Å². The molecule has 1 aliphatic carbocycles. The monoisotopic (exact) mass is 528 g/mol. The minimum absolute atomic E-state index is 0.286. The fourth-order valence-electron chi connectivity index (χ4n) is 3.96. The molecule has 35 heavy (non-hydrogen) atoms. The van der Waals surface area contributed by atoms with Crippen molar-refractivity contribution < 1.29 is 59.9 Å². The van der Waals surface area contributed by atoms with Crippen LogP contribution in [0.4, 0.5) is 8.78 Å². The van der Waals surface area contributed by atoms with E-state index < -0.39 is 76.0 Å². The molecule has 1 heterocycles. The molecular weight excluding hydrogens is 498 g/mol. The minimum Gasteiger partial charge on any atom is -0.456 e. The Morgan fingerprint density at radius 2 is 1.69 bits per heavy atom. The van der Waals surface area contributed by atoms with Gasteiger partial charge in [0.05, 0.1) is 12.8 Å². The molecule has 3 atom stereocenters. The predicted molar refractivity (Wildman–Crippen MR) is 112 cm³/mol. The first-order chi connectivity index (χ1) is 15.9. The van der Waals surface area contributed by atoms with Crippen LogP contribution in [0.15, 0.2) is 0 Å². The van der Waals surface area contributed by atoms with Crippen LogP contribution in [0.5, 0.6) is 0 Å². The Kier molecular flexibility index (Phi) is 8.52. The topological polar surface area (TPSA) is 160 Å². The van der Waals surface area contributed by atoms with Crippen molar-refractivity contribution in [3.8, 4) is 0 Å². The lowest BCUT2D eigenvalue weighted by atomic mass is 9.75. The zero-order valence-corrected chi connectivity index (χ0v) is 20.7. The first-order valence-corrected chi connectivity index (χ1v) is 12.5. The van der Waals surface area contributed by atoms with Gasteiger partial charge in [-0.2, -0.15) is 17.2 Å². The van der Waals surface area contributed by atoms with E-state index in [2.05, 4.69) is 4.74 Å². The van der Waals surface area contributed by atoms with Crippen molar-refractivity contribution in [3.63, 3.8) is 0 Å². The van der Waals surface area contributed by atoms with E-state index in [1.165, 1.54) is 0 Å². The predicted octanol–water partition coefficient (Wildman–Crippen LogP) is 2.31. The van der Waals surface area contributed by atoms with E-state index in [4.69, 9.17) is 18.8 Å². The summed E-state index contributed by atoms with van der Waals surface area (Å²) in [6.45, 7) is 6.40. The Balaban J connectivity index is 1.85. The molecule has 1 N–H and O–H groups in total. The SMILES string of the molecule is CC(OC(=O)CCC(=O)OC1CC(C(=O)OC2(C(C)(C)C)CCCC2)OC1=O)C(F)(F)S(=O)(=O)O. The Morgan fingerprint density at radius 1 is 1.14 bits per heavy atom. The fraction of sp³-hybridized carbons (Fsp3) is 0.810. The maximum absolute atomic E-state index is 13.4. The van der Waals surface area contributed by atoms with Crippen LogP contribution >= 0.6 is 0 Å². The van der Waals surface area contributed by atoms with Crippen molar-refractivity contribution in [2.24, 2.45) is 5.41 Å². The van der Waals surface area contributed by atoms with E-state index >= 15 is 0 Å². The summed E-state index contributed by atoms with van der Waals surface area (Å²) in [5.74, 6) is -4.15. The van der Waals surface area contributed by atoms with Crippen molar-refractivity contribution >= 4 is 34.0 Å². The quantitative estimate of drug-likeness (QED) is 0.266. The van der Waals surface area contributed by atoms with Crippen molar-refractivity contribution in [3.05, 3.63) is 0 Å². The summed E-state index contributed by atoms with van der Waals surface area (Å²) in [6.07, 6.45) is -3.82. The van der Waals surface area contributed by atoms with Crippen LogP contribution in [0, 0.1) is 5.41 Å². The summed E-state index contributed by atoms with van der Waals surface area (Å²) in [6, 6.07) is 0. The molecule has 0 aromatic carbocycles. The number of esters is 4. The third kappa shape index (κ3) is 6.66. The third-order valence-corrected chi connectivity index (χ3v) is 7.24. The number of carbonyl (C=O) groups excluding carboxylic acids is 4. The normalized spacial score (nSPS) is 23.3. The van der Waals surface area contributed by atoms with Crippen LogP contribution in [-0.2, 0) is 48.2 Å². The molecule has 0 aromatic heterocycles. The zero-order chi connectivity index (χ0) is 26.8. The molecule has 11 nitrogen and oxygen atoms in total. The maximum Gasteiger partial charge on any atom is 0.405 e. The standard InChI is InChI=1S/C21H30F2O11S/c1-12(21(22,23)35(28,29)30)31-15(24)7-8-16(25)32-13-11-14(33-17(13)26)18(27)34-20(19(2,3)4)9-5-6-10-20/h12-14H,5-11H2,1-4H3,(H,28,29,30). The number of ether oxygens (including phenoxy) is 4. The van der Waals surface area contributed by atoms with E-state index in [0.717, 1.165) is 12.8 Å². The number of rotatable bonds is 9. The molecular formula is C21H30F2O11S. The molecule has 1 saturated heterocycles. The summed E-state index contributed by atoms with van der Waals surface area (Å²) in [5, 5.41) is -4.75. The Bertz CT molecular complexity index is 949.